The molecule has 18 heavy (non-hydrogen) atoms. The van der Waals surface area contributed by atoms with E-state index in [4.69, 9.17) is 5.11 Å². The Labute approximate surface area is 108 Å². The van der Waals surface area contributed by atoms with Gasteiger partial charge in [0.1, 0.15) is 5.82 Å². The number of carboxylic acids is 1. The summed E-state index contributed by atoms with van der Waals surface area (Å²) in [5.41, 5.74) is -0.112. The molecule has 0 radical (unpaired) electrons. The zero-order valence-corrected chi connectivity index (χ0v) is 11.1. The van der Waals surface area contributed by atoms with Crippen molar-refractivity contribution in [2.45, 2.75) is 18.6 Å². The summed E-state index contributed by atoms with van der Waals surface area (Å²) >= 11 is 0. The van der Waals surface area contributed by atoms with E-state index < -0.39 is 22.6 Å². The standard InChI is InChI=1S/C12H16FNO3S/c1-8(18(2)17)6-7-14-11-9(12(15)16)4-3-5-10(11)13/h3-5,8,14H,6-7H2,1-2H3,(H,15,16). The van der Waals surface area contributed by atoms with Crippen molar-refractivity contribution in [1.82, 2.24) is 0 Å². The van der Waals surface area contributed by atoms with Crippen LogP contribution in [0, 0.1) is 5.82 Å². The van der Waals surface area contributed by atoms with E-state index in [0.29, 0.717) is 13.0 Å². The molecule has 2 unspecified atom stereocenters. The van der Waals surface area contributed by atoms with Gasteiger partial charge in [-0.25, -0.2) is 9.18 Å². The van der Waals surface area contributed by atoms with Gasteiger partial charge in [-0.15, -0.1) is 0 Å². The highest BCUT2D eigenvalue weighted by Crippen LogP contribution is 2.20. The van der Waals surface area contributed by atoms with Crippen LogP contribution in [-0.2, 0) is 10.8 Å². The van der Waals surface area contributed by atoms with Gasteiger partial charge in [0, 0.05) is 28.9 Å². The van der Waals surface area contributed by atoms with Crippen molar-refractivity contribution in [3.63, 3.8) is 0 Å². The molecule has 0 saturated carbocycles. The summed E-state index contributed by atoms with van der Waals surface area (Å²) < 4.78 is 24.7. The monoisotopic (exact) mass is 273 g/mol. The van der Waals surface area contributed by atoms with Crippen LogP contribution in [0.1, 0.15) is 23.7 Å². The highest BCUT2D eigenvalue weighted by Gasteiger charge is 2.14. The molecule has 0 amide bonds. The molecule has 0 bridgehead atoms. The summed E-state index contributed by atoms with van der Waals surface area (Å²) in [4.78, 5) is 10.9. The van der Waals surface area contributed by atoms with Gasteiger partial charge in [0.25, 0.3) is 0 Å². The maximum Gasteiger partial charge on any atom is 0.337 e. The van der Waals surface area contributed by atoms with Gasteiger partial charge in [0.2, 0.25) is 0 Å². The number of benzene rings is 1. The molecule has 100 valence electrons. The fraction of sp³-hybridized carbons (Fsp3) is 0.417. The molecule has 0 fully saturated rings. The van der Waals surface area contributed by atoms with Gasteiger partial charge >= 0.3 is 5.97 Å². The molecule has 0 spiro atoms. The maximum absolute atomic E-state index is 13.5. The number of rotatable bonds is 6. The first kappa shape index (κ1) is 14.6. The van der Waals surface area contributed by atoms with Crippen LogP contribution in [0.4, 0.5) is 10.1 Å². The fourth-order valence-corrected chi connectivity index (χ4v) is 1.90. The number of anilines is 1. The number of hydrogen-bond acceptors (Lipinski definition) is 3. The van der Waals surface area contributed by atoms with Crippen molar-refractivity contribution in [2.75, 3.05) is 18.1 Å². The summed E-state index contributed by atoms with van der Waals surface area (Å²) in [6, 6.07) is 3.90. The molecule has 2 atom stereocenters. The Balaban J connectivity index is 2.72. The van der Waals surface area contributed by atoms with Crippen LogP contribution in [-0.4, -0.2) is 33.3 Å². The molecule has 0 saturated heterocycles. The summed E-state index contributed by atoms with van der Waals surface area (Å²) in [7, 11) is -0.938. The molecule has 0 aromatic heterocycles. The smallest absolute Gasteiger partial charge is 0.337 e. The zero-order valence-electron chi connectivity index (χ0n) is 10.3. The fourth-order valence-electron chi connectivity index (χ4n) is 1.45. The second-order valence-electron chi connectivity index (χ2n) is 3.99. The molecule has 0 aliphatic heterocycles. The van der Waals surface area contributed by atoms with Crippen LogP contribution >= 0.6 is 0 Å². The third kappa shape index (κ3) is 3.80. The molecule has 1 aromatic carbocycles. The first-order chi connectivity index (χ1) is 8.43. The molecule has 6 heteroatoms. The van der Waals surface area contributed by atoms with E-state index in [1.165, 1.54) is 18.2 Å². The quantitative estimate of drug-likeness (QED) is 0.833. The van der Waals surface area contributed by atoms with Crippen LogP contribution in [0.15, 0.2) is 18.2 Å². The molecule has 0 aliphatic rings. The Morgan fingerprint density at radius 2 is 2.22 bits per heavy atom. The van der Waals surface area contributed by atoms with Gasteiger partial charge in [-0.05, 0) is 18.6 Å². The van der Waals surface area contributed by atoms with Gasteiger partial charge in [0.05, 0.1) is 11.3 Å². The Morgan fingerprint density at radius 1 is 1.56 bits per heavy atom. The lowest BCUT2D eigenvalue weighted by Crippen LogP contribution is -2.16. The average Bonchev–Trinajstić information content (AvgIpc) is 2.30. The largest absolute Gasteiger partial charge is 0.478 e. The molecule has 0 heterocycles. The Morgan fingerprint density at radius 3 is 2.78 bits per heavy atom. The van der Waals surface area contributed by atoms with Gasteiger partial charge in [-0.3, -0.25) is 4.21 Å². The van der Waals surface area contributed by atoms with E-state index in [1.807, 2.05) is 6.92 Å². The van der Waals surface area contributed by atoms with Crippen LogP contribution < -0.4 is 5.32 Å². The minimum atomic E-state index is -1.18. The van der Waals surface area contributed by atoms with Gasteiger partial charge in [-0.2, -0.15) is 0 Å². The minimum absolute atomic E-state index is 0.0147. The van der Waals surface area contributed by atoms with Crippen LogP contribution in [0.5, 0.6) is 0 Å². The SMILES string of the molecule is CC(CCNc1c(F)cccc1C(=O)O)S(C)=O. The van der Waals surface area contributed by atoms with Crippen molar-refractivity contribution in [2.24, 2.45) is 0 Å². The van der Waals surface area contributed by atoms with E-state index in [9.17, 15) is 13.4 Å². The number of hydrogen-bond donors (Lipinski definition) is 2. The third-order valence-electron chi connectivity index (χ3n) is 2.66. The van der Waals surface area contributed by atoms with E-state index in [-0.39, 0.29) is 16.5 Å². The van der Waals surface area contributed by atoms with E-state index in [0.717, 1.165) is 0 Å². The number of nitrogens with one attached hydrogen (secondary N) is 1. The number of para-hydroxylation sites is 1. The van der Waals surface area contributed by atoms with Crippen LogP contribution in [0.25, 0.3) is 0 Å². The van der Waals surface area contributed by atoms with Crippen molar-refractivity contribution in [3.05, 3.63) is 29.6 Å². The molecular weight excluding hydrogens is 257 g/mol. The topological polar surface area (TPSA) is 66.4 Å². The lowest BCUT2D eigenvalue weighted by Gasteiger charge is -2.12. The third-order valence-corrected chi connectivity index (χ3v) is 4.03. The average molecular weight is 273 g/mol. The second kappa shape index (κ2) is 6.49. The molecule has 4 nitrogen and oxygen atoms in total. The second-order valence-corrected chi connectivity index (χ2v) is 5.79. The highest BCUT2D eigenvalue weighted by atomic mass is 32.2. The van der Waals surface area contributed by atoms with E-state index in [2.05, 4.69) is 5.32 Å². The molecule has 2 N–H and O–H groups in total. The van der Waals surface area contributed by atoms with Crippen molar-refractivity contribution in [1.29, 1.82) is 0 Å². The Bertz CT molecular complexity index is 465. The maximum atomic E-state index is 13.5. The normalized spacial score (nSPS) is 13.9. The molecular formula is C12H16FNO3S. The highest BCUT2D eigenvalue weighted by molar-refractivity contribution is 7.84. The lowest BCUT2D eigenvalue weighted by atomic mass is 10.1. The van der Waals surface area contributed by atoms with Crippen LogP contribution in [0.3, 0.4) is 0 Å². The summed E-state index contributed by atoms with van der Waals surface area (Å²) in [6.45, 7) is 2.21. The summed E-state index contributed by atoms with van der Waals surface area (Å²) in [6.07, 6.45) is 2.19. The number of carboxylic acid groups (broad SMARTS) is 1. The van der Waals surface area contributed by atoms with Crippen LogP contribution in [0.2, 0.25) is 0 Å². The van der Waals surface area contributed by atoms with Crippen molar-refractivity contribution < 1.29 is 18.5 Å². The van der Waals surface area contributed by atoms with Gasteiger partial charge in [0.15, 0.2) is 0 Å². The first-order valence-corrected chi connectivity index (χ1v) is 7.13. The first-order valence-electron chi connectivity index (χ1n) is 5.51. The summed E-state index contributed by atoms with van der Waals surface area (Å²) in [5.74, 6) is -1.77. The van der Waals surface area contributed by atoms with Crippen molar-refractivity contribution >= 4 is 22.5 Å². The predicted octanol–water partition coefficient (Wildman–Crippen LogP) is 2.09. The zero-order chi connectivity index (χ0) is 13.7. The Kier molecular flexibility index (Phi) is 5.27. The molecule has 1 aromatic rings. The molecule has 1 rings (SSSR count). The van der Waals surface area contributed by atoms with Gasteiger partial charge in [-0.1, -0.05) is 13.0 Å². The van der Waals surface area contributed by atoms with E-state index >= 15 is 0 Å². The number of aromatic carboxylic acids is 1. The predicted molar refractivity (Wildman–Crippen MR) is 70.0 cm³/mol. The Hall–Kier alpha value is -1.43. The summed E-state index contributed by atoms with van der Waals surface area (Å²) in [5, 5.41) is 11.7. The van der Waals surface area contributed by atoms with E-state index in [1.54, 1.807) is 6.26 Å². The van der Waals surface area contributed by atoms with Gasteiger partial charge < -0.3 is 10.4 Å². The number of halogens is 1. The molecule has 0 aliphatic carbocycles. The number of carbonyl (C=O) groups is 1. The minimum Gasteiger partial charge on any atom is -0.478 e. The van der Waals surface area contributed by atoms with Crippen molar-refractivity contribution in [3.8, 4) is 0 Å². The lowest BCUT2D eigenvalue weighted by molar-refractivity contribution is 0.0697.